The van der Waals surface area contributed by atoms with Gasteiger partial charge in [0.05, 0.1) is 4.92 Å². The van der Waals surface area contributed by atoms with Crippen molar-refractivity contribution in [2.75, 3.05) is 5.32 Å². The Hall–Kier alpha value is -3.63. The maximum Gasteiger partial charge on any atom is 0.276 e. The molecule has 0 bridgehead atoms. The number of amides is 1. The SMILES string of the molecule is Cc1ccc(Sc2cc(NC(=O)c3ccn(COc4ccc(Br)cc4)n3)cc([N+](=O)[O-])c2)cc1. The van der Waals surface area contributed by atoms with Crippen molar-refractivity contribution < 1.29 is 14.5 Å². The van der Waals surface area contributed by atoms with E-state index in [1.807, 2.05) is 55.5 Å². The molecule has 0 aliphatic heterocycles. The first-order chi connectivity index (χ1) is 16.4. The maximum atomic E-state index is 12.7. The molecule has 0 fully saturated rings. The van der Waals surface area contributed by atoms with E-state index in [9.17, 15) is 14.9 Å². The van der Waals surface area contributed by atoms with E-state index in [2.05, 4.69) is 26.3 Å². The average molecular weight is 539 g/mol. The third kappa shape index (κ3) is 6.24. The van der Waals surface area contributed by atoms with Crippen LogP contribution >= 0.6 is 27.7 Å². The van der Waals surface area contributed by atoms with Gasteiger partial charge in [-0.2, -0.15) is 5.10 Å². The minimum atomic E-state index is -0.483. The number of carbonyl (C=O) groups excluding carboxylic acids is 1. The quantitative estimate of drug-likeness (QED) is 0.208. The summed E-state index contributed by atoms with van der Waals surface area (Å²) in [5.41, 5.74) is 1.49. The molecule has 8 nitrogen and oxygen atoms in total. The number of nitrogens with zero attached hydrogens (tertiary/aromatic N) is 3. The molecule has 0 radical (unpaired) electrons. The minimum Gasteiger partial charge on any atom is -0.471 e. The Bertz CT molecular complexity index is 1320. The highest BCUT2D eigenvalue weighted by Gasteiger charge is 2.15. The number of hydrogen-bond donors (Lipinski definition) is 1. The number of aromatic nitrogens is 2. The second kappa shape index (κ2) is 10.5. The van der Waals surface area contributed by atoms with E-state index >= 15 is 0 Å². The van der Waals surface area contributed by atoms with Crippen LogP contribution in [0.4, 0.5) is 11.4 Å². The number of aryl methyl sites for hydroxylation is 1. The predicted octanol–water partition coefficient (Wildman–Crippen LogP) is 6.30. The summed E-state index contributed by atoms with van der Waals surface area (Å²) in [6.45, 7) is 2.12. The molecular weight excluding hydrogens is 520 g/mol. The van der Waals surface area contributed by atoms with Gasteiger partial charge >= 0.3 is 0 Å². The first-order valence-electron chi connectivity index (χ1n) is 10.1. The number of halogens is 1. The van der Waals surface area contributed by atoms with Crippen molar-refractivity contribution >= 4 is 45.0 Å². The van der Waals surface area contributed by atoms with Crippen molar-refractivity contribution in [2.24, 2.45) is 0 Å². The van der Waals surface area contributed by atoms with Crippen LogP contribution < -0.4 is 10.1 Å². The van der Waals surface area contributed by atoms with Crippen molar-refractivity contribution in [2.45, 2.75) is 23.4 Å². The summed E-state index contributed by atoms with van der Waals surface area (Å²) in [7, 11) is 0. The van der Waals surface area contributed by atoms with E-state index in [-0.39, 0.29) is 18.1 Å². The smallest absolute Gasteiger partial charge is 0.276 e. The van der Waals surface area contributed by atoms with Gasteiger partial charge in [-0.05, 0) is 55.5 Å². The lowest BCUT2D eigenvalue weighted by Gasteiger charge is -2.08. The topological polar surface area (TPSA) is 99.3 Å². The number of rotatable bonds is 8. The molecule has 0 aliphatic rings. The van der Waals surface area contributed by atoms with Gasteiger partial charge in [0.15, 0.2) is 12.4 Å². The van der Waals surface area contributed by atoms with Crippen molar-refractivity contribution in [3.8, 4) is 5.75 Å². The Morgan fingerprint density at radius 2 is 1.82 bits per heavy atom. The van der Waals surface area contributed by atoms with Gasteiger partial charge in [0.25, 0.3) is 11.6 Å². The van der Waals surface area contributed by atoms with Gasteiger partial charge in [-0.15, -0.1) is 0 Å². The number of hydrogen-bond acceptors (Lipinski definition) is 6. The summed E-state index contributed by atoms with van der Waals surface area (Å²) in [4.78, 5) is 25.2. The van der Waals surface area contributed by atoms with Crippen LogP contribution in [0.15, 0.2) is 93.3 Å². The largest absolute Gasteiger partial charge is 0.471 e. The number of nitro groups is 1. The normalized spacial score (nSPS) is 10.6. The first-order valence-corrected chi connectivity index (χ1v) is 11.7. The molecule has 1 N–H and O–H groups in total. The first kappa shape index (κ1) is 23.5. The number of anilines is 1. The summed E-state index contributed by atoms with van der Waals surface area (Å²) in [6, 6.07) is 21.2. The number of ether oxygens (including phenoxy) is 1. The monoisotopic (exact) mass is 538 g/mol. The van der Waals surface area contributed by atoms with Gasteiger partial charge in [0, 0.05) is 38.3 Å². The second-order valence-electron chi connectivity index (χ2n) is 7.31. The van der Waals surface area contributed by atoms with Gasteiger partial charge in [-0.3, -0.25) is 14.9 Å². The second-order valence-corrected chi connectivity index (χ2v) is 9.37. The summed E-state index contributed by atoms with van der Waals surface area (Å²) in [5, 5.41) is 18.4. The number of carbonyl (C=O) groups is 1. The molecule has 0 saturated carbocycles. The van der Waals surface area contributed by atoms with Crippen LogP contribution in [-0.4, -0.2) is 20.6 Å². The highest BCUT2D eigenvalue weighted by atomic mass is 79.9. The molecule has 0 atom stereocenters. The van der Waals surface area contributed by atoms with Crippen LogP contribution in [-0.2, 0) is 6.73 Å². The van der Waals surface area contributed by atoms with Crippen molar-refractivity contribution in [1.82, 2.24) is 9.78 Å². The van der Waals surface area contributed by atoms with Crippen LogP contribution in [0.3, 0.4) is 0 Å². The summed E-state index contributed by atoms with van der Waals surface area (Å²) in [6.07, 6.45) is 1.62. The van der Waals surface area contributed by atoms with Gasteiger partial charge in [-0.1, -0.05) is 45.4 Å². The van der Waals surface area contributed by atoms with Crippen molar-refractivity contribution in [1.29, 1.82) is 0 Å². The Morgan fingerprint density at radius 1 is 1.09 bits per heavy atom. The van der Waals surface area contributed by atoms with E-state index in [0.717, 1.165) is 14.9 Å². The molecule has 0 saturated heterocycles. The molecule has 1 heterocycles. The van der Waals surface area contributed by atoms with E-state index in [0.29, 0.717) is 16.3 Å². The van der Waals surface area contributed by atoms with Crippen molar-refractivity contribution in [3.05, 3.63) is 105 Å². The molecule has 172 valence electrons. The molecule has 4 rings (SSSR count). The number of nitro benzene ring substituents is 1. The van der Waals surface area contributed by atoms with E-state index in [4.69, 9.17) is 4.74 Å². The Kier molecular flexibility index (Phi) is 7.29. The van der Waals surface area contributed by atoms with Gasteiger partial charge in [0.1, 0.15) is 5.75 Å². The van der Waals surface area contributed by atoms with Crippen LogP contribution in [0.5, 0.6) is 5.75 Å². The fourth-order valence-electron chi connectivity index (χ4n) is 2.98. The third-order valence-corrected chi connectivity index (χ3v) is 6.18. The number of nitrogens with one attached hydrogen (secondary N) is 1. The zero-order chi connectivity index (χ0) is 24.1. The lowest BCUT2D eigenvalue weighted by molar-refractivity contribution is -0.385. The Labute approximate surface area is 208 Å². The van der Waals surface area contributed by atoms with Gasteiger partial charge in [-0.25, -0.2) is 4.68 Å². The van der Waals surface area contributed by atoms with Gasteiger partial charge in [0.2, 0.25) is 0 Å². The van der Waals surface area contributed by atoms with Gasteiger partial charge < -0.3 is 10.1 Å². The van der Waals surface area contributed by atoms with Crippen LogP contribution in [0.2, 0.25) is 0 Å². The van der Waals surface area contributed by atoms with Crippen LogP contribution in [0.1, 0.15) is 16.1 Å². The van der Waals surface area contributed by atoms with E-state index < -0.39 is 10.8 Å². The molecule has 1 aromatic heterocycles. The summed E-state index contributed by atoms with van der Waals surface area (Å²) in [5.74, 6) is 0.189. The fraction of sp³-hybridized carbons (Fsp3) is 0.0833. The standard InChI is InChI=1S/C24H19BrN4O4S/c1-16-2-8-21(9-3-16)34-22-13-18(12-19(14-22)29(31)32)26-24(30)23-10-11-28(27-23)15-33-20-6-4-17(25)5-7-20/h2-14H,15H2,1H3,(H,26,30). The predicted molar refractivity (Wildman–Crippen MR) is 133 cm³/mol. The van der Waals surface area contributed by atoms with Crippen LogP contribution in [0, 0.1) is 17.0 Å². The zero-order valence-electron chi connectivity index (χ0n) is 18.0. The molecule has 1 amide bonds. The highest BCUT2D eigenvalue weighted by molar-refractivity contribution is 9.10. The van der Waals surface area contributed by atoms with Crippen LogP contribution in [0.25, 0.3) is 0 Å². The maximum absolute atomic E-state index is 12.7. The summed E-state index contributed by atoms with van der Waals surface area (Å²) >= 11 is 4.75. The lowest BCUT2D eigenvalue weighted by Crippen LogP contribution is -2.14. The number of benzene rings is 3. The van der Waals surface area contributed by atoms with Crippen molar-refractivity contribution in [3.63, 3.8) is 0 Å². The zero-order valence-corrected chi connectivity index (χ0v) is 20.4. The molecule has 0 unspecified atom stereocenters. The fourth-order valence-corrected chi connectivity index (χ4v) is 4.16. The molecular formula is C24H19BrN4O4S. The molecule has 0 spiro atoms. The average Bonchev–Trinajstić information content (AvgIpc) is 3.29. The summed E-state index contributed by atoms with van der Waals surface area (Å²) < 4.78 is 8.08. The Balaban J connectivity index is 1.45. The molecule has 34 heavy (non-hydrogen) atoms. The number of non-ortho nitro benzene ring substituents is 1. The minimum absolute atomic E-state index is 0.110. The molecule has 4 aromatic rings. The van der Waals surface area contributed by atoms with E-state index in [1.54, 1.807) is 18.3 Å². The molecule has 3 aromatic carbocycles. The Morgan fingerprint density at radius 3 is 2.53 bits per heavy atom. The third-order valence-electron chi connectivity index (χ3n) is 4.67. The molecule has 0 aliphatic carbocycles. The highest BCUT2D eigenvalue weighted by Crippen LogP contribution is 2.33. The van der Waals surface area contributed by atoms with E-state index in [1.165, 1.54) is 28.6 Å². The molecule has 10 heteroatoms. The lowest BCUT2D eigenvalue weighted by atomic mass is 10.2.